The Labute approximate surface area is 166 Å². The van der Waals surface area contributed by atoms with Gasteiger partial charge in [-0.1, -0.05) is 71.0 Å². The Morgan fingerprint density at radius 2 is 1.83 bits per heavy atom. The topological polar surface area (TPSA) is 95.9 Å². The van der Waals surface area contributed by atoms with Crippen LogP contribution < -0.4 is 0 Å². The lowest BCUT2D eigenvalue weighted by Crippen LogP contribution is -2.01. The third-order valence-electron chi connectivity index (χ3n) is 3.97. The first-order valence-electron chi connectivity index (χ1n) is 8.93. The number of esters is 1. The molecule has 144 valence electrons. The van der Waals surface area contributed by atoms with Gasteiger partial charge < -0.3 is 9.26 Å². The van der Waals surface area contributed by atoms with Gasteiger partial charge >= 0.3 is 5.97 Å². The van der Waals surface area contributed by atoms with Crippen molar-refractivity contribution >= 4 is 12.0 Å². The normalized spacial score (nSPS) is 11.0. The van der Waals surface area contributed by atoms with E-state index in [1.165, 1.54) is 6.08 Å². The zero-order chi connectivity index (χ0) is 19.9. The minimum Gasteiger partial charge on any atom is -0.452 e. The monoisotopic (exact) mass is 387 g/mol. The van der Waals surface area contributed by atoms with Gasteiger partial charge in [0.15, 0.2) is 6.61 Å². The molecule has 0 aliphatic rings. The predicted octanol–water partition coefficient (Wildman–Crippen LogP) is 3.13. The van der Waals surface area contributed by atoms with E-state index in [0.717, 1.165) is 11.1 Å². The fourth-order valence-electron chi connectivity index (χ4n) is 2.59. The number of hydrogen-bond acceptors (Lipinski definition) is 7. The van der Waals surface area contributed by atoms with Gasteiger partial charge in [0.05, 0.1) is 12.7 Å². The molecule has 2 aromatic heterocycles. The maximum absolute atomic E-state index is 11.9. The van der Waals surface area contributed by atoms with Crippen LogP contribution in [0, 0.1) is 0 Å². The largest absolute Gasteiger partial charge is 0.452 e. The summed E-state index contributed by atoms with van der Waals surface area (Å²) in [5, 5.41) is 11.9. The van der Waals surface area contributed by atoms with Crippen LogP contribution in [0.5, 0.6) is 0 Å². The van der Waals surface area contributed by atoms with E-state index in [2.05, 4.69) is 20.5 Å². The Balaban J connectivity index is 1.29. The average molecular weight is 387 g/mol. The van der Waals surface area contributed by atoms with Crippen molar-refractivity contribution in [1.29, 1.82) is 0 Å². The van der Waals surface area contributed by atoms with Crippen LogP contribution in [0.4, 0.5) is 0 Å². The number of rotatable bonds is 7. The number of aromatic nitrogens is 5. The number of carbonyl (C=O) groups excluding carboxylic acids is 1. The van der Waals surface area contributed by atoms with E-state index in [1.807, 2.05) is 60.7 Å². The SMILES string of the molecule is O=C(/C=C/c1cn(Cc2ccccc2)nn1)OCc1nc(-c2ccccc2)no1. The summed E-state index contributed by atoms with van der Waals surface area (Å²) >= 11 is 0. The van der Waals surface area contributed by atoms with Crippen molar-refractivity contribution in [2.75, 3.05) is 0 Å². The highest BCUT2D eigenvalue weighted by Crippen LogP contribution is 2.15. The molecule has 8 nitrogen and oxygen atoms in total. The molecule has 0 N–H and O–H groups in total. The summed E-state index contributed by atoms with van der Waals surface area (Å²) in [7, 11) is 0. The summed E-state index contributed by atoms with van der Waals surface area (Å²) in [6.07, 6.45) is 4.58. The Kier molecular flexibility index (Phi) is 5.52. The molecule has 2 heterocycles. The molecule has 0 aliphatic heterocycles. The molecular weight excluding hydrogens is 370 g/mol. The molecule has 0 aliphatic carbocycles. The lowest BCUT2D eigenvalue weighted by molar-refractivity contribution is -0.139. The number of carbonyl (C=O) groups is 1. The van der Waals surface area contributed by atoms with E-state index in [4.69, 9.17) is 9.26 Å². The van der Waals surface area contributed by atoms with Gasteiger partial charge in [0.25, 0.3) is 5.89 Å². The highest BCUT2D eigenvalue weighted by atomic mass is 16.6. The van der Waals surface area contributed by atoms with Crippen molar-refractivity contribution < 1.29 is 14.1 Å². The minimum absolute atomic E-state index is 0.107. The average Bonchev–Trinajstić information content (AvgIpc) is 3.42. The van der Waals surface area contributed by atoms with Crippen LogP contribution in [0.3, 0.4) is 0 Å². The fraction of sp³-hybridized carbons (Fsp3) is 0.0952. The van der Waals surface area contributed by atoms with Gasteiger partial charge in [0, 0.05) is 11.6 Å². The van der Waals surface area contributed by atoms with Crippen molar-refractivity contribution in [1.82, 2.24) is 25.1 Å². The van der Waals surface area contributed by atoms with Crippen LogP contribution in [0.1, 0.15) is 17.1 Å². The molecule has 2 aromatic carbocycles. The molecule has 0 unspecified atom stereocenters. The summed E-state index contributed by atoms with van der Waals surface area (Å²) in [5.41, 5.74) is 2.50. The second-order valence-electron chi connectivity index (χ2n) is 6.15. The summed E-state index contributed by atoms with van der Waals surface area (Å²) in [4.78, 5) is 16.1. The summed E-state index contributed by atoms with van der Waals surface area (Å²) in [6.45, 7) is 0.497. The highest BCUT2D eigenvalue weighted by molar-refractivity contribution is 5.86. The summed E-state index contributed by atoms with van der Waals surface area (Å²) in [6, 6.07) is 19.3. The Hall–Kier alpha value is -4.07. The van der Waals surface area contributed by atoms with Gasteiger partial charge in [-0.3, -0.25) is 0 Å². The summed E-state index contributed by atoms with van der Waals surface area (Å²) < 4.78 is 11.9. The van der Waals surface area contributed by atoms with E-state index in [0.29, 0.717) is 18.1 Å². The van der Waals surface area contributed by atoms with Crippen molar-refractivity contribution in [2.24, 2.45) is 0 Å². The molecule has 0 saturated carbocycles. The van der Waals surface area contributed by atoms with E-state index in [9.17, 15) is 4.79 Å². The third kappa shape index (κ3) is 5.01. The first-order valence-corrected chi connectivity index (χ1v) is 8.93. The van der Waals surface area contributed by atoms with Gasteiger partial charge in [-0.25, -0.2) is 9.48 Å². The van der Waals surface area contributed by atoms with Gasteiger partial charge in [-0.2, -0.15) is 4.98 Å². The first-order chi connectivity index (χ1) is 14.3. The van der Waals surface area contributed by atoms with Crippen molar-refractivity contribution in [3.05, 3.63) is 90.1 Å². The molecule has 0 saturated heterocycles. The second-order valence-corrected chi connectivity index (χ2v) is 6.15. The van der Waals surface area contributed by atoms with Crippen LogP contribution in [-0.2, 0) is 22.7 Å². The Bertz CT molecular complexity index is 1100. The molecule has 29 heavy (non-hydrogen) atoms. The van der Waals surface area contributed by atoms with E-state index in [-0.39, 0.29) is 12.5 Å². The third-order valence-corrected chi connectivity index (χ3v) is 3.97. The van der Waals surface area contributed by atoms with Crippen LogP contribution in [0.15, 0.2) is 77.5 Å². The molecule has 0 bridgehead atoms. The molecule has 0 atom stereocenters. The summed E-state index contributed by atoms with van der Waals surface area (Å²) in [5.74, 6) is 0.128. The Morgan fingerprint density at radius 3 is 2.62 bits per heavy atom. The minimum atomic E-state index is -0.540. The lowest BCUT2D eigenvalue weighted by atomic mass is 10.2. The number of nitrogens with zero attached hydrogens (tertiary/aromatic N) is 5. The molecule has 8 heteroatoms. The zero-order valence-electron chi connectivity index (χ0n) is 15.4. The van der Waals surface area contributed by atoms with Crippen LogP contribution in [0.2, 0.25) is 0 Å². The standard InChI is InChI=1S/C21H17N5O3/c27-20(28-15-19-22-21(24-29-19)17-9-5-2-6-10-17)12-11-18-14-26(25-23-18)13-16-7-3-1-4-8-16/h1-12,14H,13,15H2/b12-11+. The van der Waals surface area contributed by atoms with E-state index < -0.39 is 5.97 Å². The van der Waals surface area contributed by atoms with Crippen LogP contribution in [0.25, 0.3) is 17.5 Å². The quantitative estimate of drug-likeness (QED) is 0.355. The van der Waals surface area contributed by atoms with Crippen molar-refractivity contribution in [2.45, 2.75) is 13.2 Å². The van der Waals surface area contributed by atoms with Gasteiger partial charge in [0.1, 0.15) is 5.69 Å². The zero-order valence-corrected chi connectivity index (χ0v) is 15.4. The predicted molar refractivity (Wildman–Crippen MR) is 104 cm³/mol. The molecule has 0 fully saturated rings. The highest BCUT2D eigenvalue weighted by Gasteiger charge is 2.10. The molecule has 4 rings (SSSR count). The van der Waals surface area contributed by atoms with Crippen molar-refractivity contribution in [3.8, 4) is 11.4 Å². The van der Waals surface area contributed by atoms with E-state index in [1.54, 1.807) is 17.0 Å². The molecule has 0 amide bonds. The maximum atomic E-state index is 11.9. The lowest BCUT2D eigenvalue weighted by Gasteiger charge is -1.98. The maximum Gasteiger partial charge on any atom is 0.331 e. The van der Waals surface area contributed by atoms with E-state index >= 15 is 0 Å². The molecular formula is C21H17N5O3. The molecule has 0 spiro atoms. The first kappa shape index (κ1) is 18.3. The van der Waals surface area contributed by atoms with Gasteiger partial charge in [-0.15, -0.1) is 5.10 Å². The number of ether oxygens (including phenoxy) is 1. The van der Waals surface area contributed by atoms with Gasteiger partial charge in [-0.05, 0) is 11.6 Å². The molecule has 4 aromatic rings. The second kappa shape index (κ2) is 8.75. The number of benzene rings is 2. The van der Waals surface area contributed by atoms with Crippen molar-refractivity contribution in [3.63, 3.8) is 0 Å². The van der Waals surface area contributed by atoms with Gasteiger partial charge in [0.2, 0.25) is 5.82 Å². The Morgan fingerprint density at radius 1 is 1.07 bits per heavy atom. The fourth-order valence-corrected chi connectivity index (χ4v) is 2.59. The van der Waals surface area contributed by atoms with Crippen LogP contribution >= 0.6 is 0 Å². The molecule has 0 radical (unpaired) electrons. The smallest absolute Gasteiger partial charge is 0.331 e. The number of hydrogen-bond donors (Lipinski definition) is 0. The van der Waals surface area contributed by atoms with Crippen LogP contribution in [-0.4, -0.2) is 31.1 Å².